The van der Waals surface area contributed by atoms with Crippen molar-refractivity contribution in [3.63, 3.8) is 0 Å². The van der Waals surface area contributed by atoms with Crippen molar-refractivity contribution in [1.29, 1.82) is 0 Å². The quantitative estimate of drug-likeness (QED) is 0.491. The van der Waals surface area contributed by atoms with Crippen LogP contribution in [0.1, 0.15) is 35.1 Å². The number of piperidine rings is 1. The minimum absolute atomic E-state index is 0.123. The molecule has 3 aromatic rings. The van der Waals surface area contributed by atoms with Crippen molar-refractivity contribution in [3.8, 4) is 0 Å². The predicted octanol–water partition coefficient (Wildman–Crippen LogP) is 6.60. The molecular weight excluding hydrogens is 406 g/mol. The molecule has 146 valence electrons. The summed E-state index contributed by atoms with van der Waals surface area (Å²) < 4.78 is 14.1. The zero-order valence-corrected chi connectivity index (χ0v) is 17.1. The third-order valence-corrected chi connectivity index (χ3v) is 6.58. The number of benzene rings is 3. The minimum atomic E-state index is -0.462. The molecule has 29 heavy (non-hydrogen) atoms. The average Bonchev–Trinajstić information content (AvgIpc) is 3.06. The summed E-state index contributed by atoms with van der Waals surface area (Å²) in [4.78, 5) is 4.76. The first kappa shape index (κ1) is 18.8. The maximum absolute atomic E-state index is 14.1. The van der Waals surface area contributed by atoms with Gasteiger partial charge >= 0.3 is 0 Å². The molecule has 3 aromatic carbocycles. The van der Waals surface area contributed by atoms with Gasteiger partial charge in [-0.15, -0.1) is 0 Å². The summed E-state index contributed by atoms with van der Waals surface area (Å²) in [6.45, 7) is 0.816. The van der Waals surface area contributed by atoms with Crippen molar-refractivity contribution in [1.82, 2.24) is 5.32 Å². The van der Waals surface area contributed by atoms with Crippen molar-refractivity contribution in [2.24, 2.45) is 4.99 Å². The van der Waals surface area contributed by atoms with Crippen LogP contribution in [-0.2, 0) is 5.41 Å². The van der Waals surface area contributed by atoms with Gasteiger partial charge in [0.15, 0.2) is 0 Å². The van der Waals surface area contributed by atoms with Crippen LogP contribution in [0.3, 0.4) is 0 Å². The van der Waals surface area contributed by atoms with Gasteiger partial charge in [-0.05, 0) is 66.1 Å². The van der Waals surface area contributed by atoms with Gasteiger partial charge in [0, 0.05) is 28.2 Å². The van der Waals surface area contributed by atoms with Crippen molar-refractivity contribution < 1.29 is 4.39 Å². The van der Waals surface area contributed by atoms with Crippen LogP contribution in [-0.4, -0.2) is 12.8 Å². The van der Waals surface area contributed by atoms with E-state index in [1.54, 1.807) is 12.1 Å². The molecule has 1 fully saturated rings. The molecule has 5 heteroatoms. The zero-order chi connectivity index (χ0) is 20.0. The van der Waals surface area contributed by atoms with Crippen molar-refractivity contribution in [2.75, 3.05) is 6.54 Å². The van der Waals surface area contributed by atoms with Gasteiger partial charge in [0.2, 0.25) is 0 Å². The molecule has 2 nitrogen and oxygen atoms in total. The fourth-order valence-electron chi connectivity index (χ4n) is 4.96. The molecule has 0 aliphatic carbocycles. The normalized spacial score (nSPS) is 25.3. The highest BCUT2D eigenvalue weighted by Crippen LogP contribution is 2.56. The lowest BCUT2D eigenvalue weighted by Crippen LogP contribution is -2.51. The lowest BCUT2D eigenvalue weighted by Gasteiger charge is -2.47. The summed E-state index contributed by atoms with van der Waals surface area (Å²) in [5.41, 5.74) is 3.58. The Balaban J connectivity index is 1.74. The third kappa shape index (κ3) is 3.09. The van der Waals surface area contributed by atoms with Crippen LogP contribution >= 0.6 is 23.2 Å². The molecule has 0 amide bonds. The van der Waals surface area contributed by atoms with E-state index in [-0.39, 0.29) is 17.8 Å². The van der Waals surface area contributed by atoms with Gasteiger partial charge < -0.3 is 5.32 Å². The van der Waals surface area contributed by atoms with Crippen LogP contribution in [0.2, 0.25) is 10.0 Å². The van der Waals surface area contributed by atoms with Gasteiger partial charge in [-0.25, -0.2) is 4.39 Å². The summed E-state index contributed by atoms with van der Waals surface area (Å²) in [6, 6.07) is 20.6. The van der Waals surface area contributed by atoms with E-state index in [2.05, 4.69) is 17.4 Å². The predicted molar refractivity (Wildman–Crippen MR) is 117 cm³/mol. The fraction of sp³-hybridized carbons (Fsp3) is 0.208. The second-order valence-electron chi connectivity index (χ2n) is 7.69. The fourth-order valence-corrected chi connectivity index (χ4v) is 5.32. The molecule has 5 rings (SSSR count). The van der Waals surface area contributed by atoms with Crippen molar-refractivity contribution in [3.05, 3.63) is 99.3 Å². The summed E-state index contributed by atoms with van der Waals surface area (Å²) in [5.74, 6) is -0.0995. The van der Waals surface area contributed by atoms with E-state index < -0.39 is 5.41 Å². The first-order valence-corrected chi connectivity index (χ1v) is 10.4. The van der Waals surface area contributed by atoms with E-state index in [1.807, 2.05) is 42.6 Å². The molecule has 0 unspecified atom stereocenters. The van der Waals surface area contributed by atoms with Crippen LogP contribution in [0.15, 0.2) is 71.7 Å². The van der Waals surface area contributed by atoms with Gasteiger partial charge in [0.1, 0.15) is 5.82 Å². The molecule has 3 atom stereocenters. The average molecular weight is 425 g/mol. The Morgan fingerprint density at radius 2 is 1.72 bits per heavy atom. The second-order valence-corrected chi connectivity index (χ2v) is 8.56. The topological polar surface area (TPSA) is 24.4 Å². The molecule has 0 aromatic heterocycles. The van der Waals surface area contributed by atoms with Gasteiger partial charge in [-0.2, -0.15) is 0 Å². The van der Waals surface area contributed by atoms with Crippen molar-refractivity contribution >= 4 is 35.1 Å². The van der Waals surface area contributed by atoms with Crippen LogP contribution in [0.5, 0.6) is 0 Å². The van der Waals surface area contributed by atoms with E-state index in [1.165, 1.54) is 6.07 Å². The van der Waals surface area contributed by atoms with Crippen LogP contribution in [0, 0.1) is 5.82 Å². The Morgan fingerprint density at radius 1 is 0.931 bits per heavy atom. The van der Waals surface area contributed by atoms with E-state index in [0.717, 1.165) is 35.3 Å². The lowest BCUT2D eigenvalue weighted by molar-refractivity contribution is 0.270. The SMILES string of the molecule is Fc1cccc([C@H]2NCC[C@@H](c3cccc(Cl)c3)[C@]23C=Nc2cc(Cl)ccc23)c1. The molecular formula is C24H19Cl2FN2. The number of aliphatic imine (C=N–C) groups is 1. The largest absolute Gasteiger partial charge is 0.309 e. The molecule has 2 aliphatic rings. The Morgan fingerprint density at radius 3 is 2.55 bits per heavy atom. The number of fused-ring (bicyclic) bond motifs is 2. The van der Waals surface area contributed by atoms with Gasteiger partial charge in [0.05, 0.1) is 11.1 Å². The summed E-state index contributed by atoms with van der Waals surface area (Å²) in [7, 11) is 0. The van der Waals surface area contributed by atoms with Crippen LogP contribution in [0.4, 0.5) is 10.1 Å². The van der Waals surface area contributed by atoms with E-state index >= 15 is 0 Å². The van der Waals surface area contributed by atoms with Crippen LogP contribution < -0.4 is 5.32 Å². The van der Waals surface area contributed by atoms with E-state index in [0.29, 0.717) is 10.0 Å². The Bertz CT molecular complexity index is 1060. The molecule has 1 saturated heterocycles. The number of hydrogen-bond donors (Lipinski definition) is 1. The molecule has 1 N–H and O–H groups in total. The van der Waals surface area contributed by atoms with E-state index in [4.69, 9.17) is 28.2 Å². The maximum atomic E-state index is 14.1. The summed E-state index contributed by atoms with van der Waals surface area (Å²) in [5, 5.41) is 5.01. The molecule has 1 spiro atoms. The second kappa shape index (κ2) is 7.24. The Hall–Kier alpha value is -2.20. The van der Waals surface area contributed by atoms with Gasteiger partial charge in [-0.3, -0.25) is 4.99 Å². The monoisotopic (exact) mass is 424 g/mol. The lowest BCUT2D eigenvalue weighted by atomic mass is 9.60. The third-order valence-electron chi connectivity index (χ3n) is 6.11. The number of hydrogen-bond acceptors (Lipinski definition) is 2. The smallest absolute Gasteiger partial charge is 0.123 e. The molecule has 0 radical (unpaired) electrons. The first-order chi connectivity index (χ1) is 14.1. The molecule has 0 saturated carbocycles. The number of halogens is 3. The summed E-state index contributed by atoms with van der Waals surface area (Å²) in [6.07, 6.45) is 2.95. The number of nitrogens with zero attached hydrogens (tertiary/aromatic N) is 1. The van der Waals surface area contributed by atoms with Crippen molar-refractivity contribution in [2.45, 2.75) is 23.8 Å². The van der Waals surface area contributed by atoms with Gasteiger partial charge in [-0.1, -0.05) is 53.5 Å². The Labute approximate surface area is 179 Å². The molecule has 2 aliphatic heterocycles. The van der Waals surface area contributed by atoms with Gasteiger partial charge in [0.25, 0.3) is 0 Å². The minimum Gasteiger partial charge on any atom is -0.309 e. The zero-order valence-electron chi connectivity index (χ0n) is 15.6. The van der Waals surface area contributed by atoms with Crippen LogP contribution in [0.25, 0.3) is 0 Å². The highest BCUT2D eigenvalue weighted by molar-refractivity contribution is 6.31. The first-order valence-electron chi connectivity index (χ1n) is 9.67. The molecule has 0 bridgehead atoms. The Kier molecular flexibility index (Phi) is 4.70. The molecule has 2 heterocycles. The van der Waals surface area contributed by atoms with E-state index in [9.17, 15) is 4.39 Å². The maximum Gasteiger partial charge on any atom is 0.123 e. The number of rotatable bonds is 2. The standard InChI is InChI=1S/C24H19Cl2FN2/c25-17-5-1-3-15(11-17)20-9-10-28-23(16-4-2-6-19(27)12-16)24(20)14-29-22-13-18(26)7-8-21(22)24/h1-8,11-14,20,23,28H,9-10H2/t20-,23+,24-/m0/s1. The highest BCUT2D eigenvalue weighted by Gasteiger charge is 2.52. The highest BCUT2D eigenvalue weighted by atomic mass is 35.5. The number of nitrogens with one attached hydrogen (secondary N) is 1. The summed E-state index contributed by atoms with van der Waals surface area (Å²) >= 11 is 12.6.